The molecule has 0 aromatic heterocycles. The van der Waals surface area contributed by atoms with E-state index >= 15 is 0 Å². The zero-order chi connectivity index (χ0) is 8.54. The maximum Gasteiger partial charge on any atom is 0.401 e. The van der Waals surface area contributed by atoms with Crippen LogP contribution in [0.15, 0.2) is 0 Å². The Labute approximate surface area is 62.0 Å². The molecule has 1 saturated carbocycles. The van der Waals surface area contributed by atoms with Gasteiger partial charge in [-0.15, -0.1) is 0 Å². The highest BCUT2D eigenvalue weighted by Crippen LogP contribution is 2.34. The highest BCUT2D eigenvalue weighted by Gasteiger charge is 2.45. The number of nitrogens with zero attached hydrogens (tertiary/aromatic N) is 1. The van der Waals surface area contributed by atoms with Gasteiger partial charge in [0, 0.05) is 0 Å². The first kappa shape index (κ1) is 8.34. The Balaban J connectivity index is 2.29. The van der Waals surface area contributed by atoms with E-state index in [4.69, 9.17) is 5.26 Å². The Bertz CT molecular complexity index is 187. The van der Waals surface area contributed by atoms with Crippen LogP contribution in [0.3, 0.4) is 0 Å². The van der Waals surface area contributed by atoms with Gasteiger partial charge < -0.3 is 0 Å². The van der Waals surface area contributed by atoms with Gasteiger partial charge in [-0.05, 0) is 12.8 Å². The molecule has 5 heteroatoms. The summed E-state index contributed by atoms with van der Waals surface area (Å²) in [6, 6.07) is 1.81. The van der Waals surface area contributed by atoms with E-state index in [1.165, 1.54) is 0 Å². The Morgan fingerprint density at radius 2 is 2.00 bits per heavy atom. The Morgan fingerprint density at radius 3 is 2.27 bits per heavy atom. The molecule has 0 spiro atoms. The summed E-state index contributed by atoms with van der Waals surface area (Å²) in [6.07, 6.45) is -3.16. The van der Waals surface area contributed by atoms with Gasteiger partial charge >= 0.3 is 6.18 Å². The smallest absolute Gasteiger partial charge is 0.291 e. The first-order chi connectivity index (χ1) is 4.97. The molecule has 0 unspecified atom stereocenters. The largest absolute Gasteiger partial charge is 0.401 e. The van der Waals surface area contributed by atoms with Crippen molar-refractivity contribution in [3.63, 3.8) is 0 Å². The fourth-order valence-corrected chi connectivity index (χ4v) is 0.723. The fraction of sp³-hybridized carbons (Fsp3) is 0.833. The molecule has 11 heavy (non-hydrogen) atoms. The molecule has 62 valence electrons. The molecule has 1 fully saturated rings. The van der Waals surface area contributed by atoms with Crippen LogP contribution in [0.25, 0.3) is 0 Å². The van der Waals surface area contributed by atoms with Crippen molar-refractivity contribution in [1.82, 2.24) is 5.32 Å². The van der Waals surface area contributed by atoms with Gasteiger partial charge in [0.1, 0.15) is 5.54 Å². The van der Waals surface area contributed by atoms with Crippen molar-refractivity contribution < 1.29 is 13.2 Å². The van der Waals surface area contributed by atoms with E-state index in [1.54, 1.807) is 0 Å². The average Bonchev–Trinajstić information content (AvgIpc) is 2.63. The van der Waals surface area contributed by atoms with Gasteiger partial charge in [-0.3, -0.25) is 5.32 Å². The quantitative estimate of drug-likeness (QED) is 0.665. The maximum absolute atomic E-state index is 11.6. The second-order valence-electron chi connectivity index (χ2n) is 2.66. The number of nitrogens with one attached hydrogen (secondary N) is 1. The van der Waals surface area contributed by atoms with Crippen molar-refractivity contribution in [3.05, 3.63) is 0 Å². The molecule has 1 aliphatic carbocycles. The van der Waals surface area contributed by atoms with E-state index in [0.717, 1.165) is 0 Å². The average molecular weight is 164 g/mol. The maximum atomic E-state index is 11.6. The summed E-state index contributed by atoms with van der Waals surface area (Å²) in [5.41, 5.74) is -0.866. The van der Waals surface area contributed by atoms with Crippen LogP contribution >= 0.6 is 0 Å². The standard InChI is InChI=1S/C6H7F3N2/c7-6(8,9)4-11-5(3-10)1-2-5/h11H,1-2,4H2. The van der Waals surface area contributed by atoms with E-state index in [9.17, 15) is 13.2 Å². The lowest BCUT2D eigenvalue weighted by molar-refractivity contribution is -0.126. The summed E-state index contributed by atoms with van der Waals surface area (Å²) >= 11 is 0. The second kappa shape index (κ2) is 2.38. The molecule has 0 aliphatic heterocycles. The van der Waals surface area contributed by atoms with Crippen LogP contribution in [0, 0.1) is 11.3 Å². The molecule has 0 radical (unpaired) electrons. The summed E-state index contributed by atoms with van der Waals surface area (Å²) in [6.45, 7) is -1.07. The van der Waals surface area contributed by atoms with Gasteiger partial charge in [0.15, 0.2) is 0 Å². The third kappa shape index (κ3) is 2.39. The third-order valence-corrected chi connectivity index (χ3v) is 1.59. The van der Waals surface area contributed by atoms with E-state index in [-0.39, 0.29) is 0 Å². The number of rotatable bonds is 2. The van der Waals surface area contributed by atoms with Crippen LogP contribution in [0.4, 0.5) is 13.2 Å². The van der Waals surface area contributed by atoms with Gasteiger partial charge in [-0.2, -0.15) is 18.4 Å². The molecule has 1 N–H and O–H groups in total. The predicted molar refractivity (Wildman–Crippen MR) is 31.6 cm³/mol. The molecule has 0 saturated heterocycles. The fourth-order valence-electron chi connectivity index (χ4n) is 0.723. The number of alkyl halides is 3. The minimum Gasteiger partial charge on any atom is -0.291 e. The molecule has 0 heterocycles. The van der Waals surface area contributed by atoms with Crippen molar-refractivity contribution in [2.24, 2.45) is 0 Å². The second-order valence-corrected chi connectivity index (χ2v) is 2.66. The Morgan fingerprint density at radius 1 is 1.45 bits per heavy atom. The van der Waals surface area contributed by atoms with Gasteiger partial charge in [-0.25, -0.2) is 0 Å². The first-order valence-corrected chi connectivity index (χ1v) is 3.20. The summed E-state index contributed by atoms with van der Waals surface area (Å²) in [5.74, 6) is 0. The molecule has 0 aromatic rings. The Kier molecular flexibility index (Phi) is 1.80. The SMILES string of the molecule is N#CC1(NCC(F)(F)F)CC1. The minimum atomic E-state index is -4.22. The van der Waals surface area contributed by atoms with Crippen LogP contribution in [-0.2, 0) is 0 Å². The molecular formula is C6H7F3N2. The minimum absolute atomic E-state index is 0.527. The third-order valence-electron chi connectivity index (χ3n) is 1.59. The van der Waals surface area contributed by atoms with Crippen LogP contribution < -0.4 is 5.32 Å². The summed E-state index contributed by atoms with van der Waals surface area (Å²) < 4.78 is 34.7. The van der Waals surface area contributed by atoms with E-state index in [2.05, 4.69) is 5.32 Å². The van der Waals surface area contributed by atoms with Crippen molar-refractivity contribution in [1.29, 1.82) is 5.26 Å². The highest BCUT2D eigenvalue weighted by atomic mass is 19.4. The normalized spacial score (nSPS) is 20.9. The number of hydrogen-bond donors (Lipinski definition) is 1. The van der Waals surface area contributed by atoms with Crippen LogP contribution in [-0.4, -0.2) is 18.3 Å². The molecule has 2 nitrogen and oxygen atoms in total. The topological polar surface area (TPSA) is 35.8 Å². The van der Waals surface area contributed by atoms with E-state index in [1.807, 2.05) is 6.07 Å². The molecule has 0 bridgehead atoms. The van der Waals surface area contributed by atoms with Gasteiger partial charge in [0.25, 0.3) is 0 Å². The summed E-state index contributed by atoms with van der Waals surface area (Å²) in [4.78, 5) is 0. The van der Waals surface area contributed by atoms with Crippen molar-refractivity contribution >= 4 is 0 Å². The van der Waals surface area contributed by atoms with E-state index in [0.29, 0.717) is 12.8 Å². The molecule has 1 rings (SSSR count). The highest BCUT2D eigenvalue weighted by molar-refractivity contribution is 5.18. The van der Waals surface area contributed by atoms with Crippen molar-refractivity contribution in [2.45, 2.75) is 24.6 Å². The van der Waals surface area contributed by atoms with E-state index < -0.39 is 18.3 Å². The predicted octanol–water partition coefficient (Wildman–Crippen LogP) is 1.19. The van der Waals surface area contributed by atoms with Crippen LogP contribution in [0.1, 0.15) is 12.8 Å². The van der Waals surface area contributed by atoms with Crippen LogP contribution in [0.2, 0.25) is 0 Å². The first-order valence-electron chi connectivity index (χ1n) is 3.20. The van der Waals surface area contributed by atoms with Gasteiger partial charge in [0.2, 0.25) is 0 Å². The number of hydrogen-bond acceptors (Lipinski definition) is 2. The lowest BCUT2D eigenvalue weighted by atomic mass is 10.3. The molecule has 0 aromatic carbocycles. The summed E-state index contributed by atoms with van der Waals surface area (Å²) in [5, 5.41) is 10.5. The summed E-state index contributed by atoms with van der Waals surface area (Å²) in [7, 11) is 0. The monoisotopic (exact) mass is 164 g/mol. The van der Waals surface area contributed by atoms with Gasteiger partial charge in [-0.1, -0.05) is 0 Å². The molecule has 1 aliphatic rings. The van der Waals surface area contributed by atoms with Crippen LogP contribution in [0.5, 0.6) is 0 Å². The molecular weight excluding hydrogens is 157 g/mol. The zero-order valence-electron chi connectivity index (χ0n) is 5.70. The lowest BCUT2D eigenvalue weighted by Gasteiger charge is -2.10. The number of nitriles is 1. The zero-order valence-corrected chi connectivity index (χ0v) is 5.70. The lowest BCUT2D eigenvalue weighted by Crippen LogP contribution is -2.37. The van der Waals surface area contributed by atoms with Gasteiger partial charge in [0.05, 0.1) is 12.6 Å². The molecule has 0 atom stereocenters. The van der Waals surface area contributed by atoms with Crippen molar-refractivity contribution in [3.8, 4) is 6.07 Å². The molecule has 0 amide bonds. The number of halogens is 3. The Hall–Kier alpha value is -0.760. The van der Waals surface area contributed by atoms with Crippen molar-refractivity contribution in [2.75, 3.05) is 6.54 Å².